The van der Waals surface area contributed by atoms with Crippen LogP contribution in [0.2, 0.25) is 5.02 Å². The van der Waals surface area contributed by atoms with E-state index in [4.69, 9.17) is 28.8 Å². The van der Waals surface area contributed by atoms with Gasteiger partial charge in [0.1, 0.15) is 0 Å². The number of rotatable bonds is 1. The van der Waals surface area contributed by atoms with Gasteiger partial charge in [0.15, 0.2) is 5.96 Å². The van der Waals surface area contributed by atoms with Gasteiger partial charge in [0.25, 0.3) is 0 Å². The molecule has 0 radical (unpaired) electrons. The Morgan fingerprint density at radius 1 is 1.13 bits per heavy atom. The summed E-state index contributed by atoms with van der Waals surface area (Å²) < 4.78 is 0. The van der Waals surface area contributed by atoms with Crippen LogP contribution in [0.1, 0.15) is 0 Å². The molecule has 0 fully saturated rings. The molecular formula is C8H10Cl2N5-. The Hall–Kier alpha value is -1.46. The molecule has 0 aliphatic rings. The van der Waals surface area contributed by atoms with Gasteiger partial charge in [-0.3, -0.25) is 0 Å². The molecule has 0 heterocycles. The lowest BCUT2D eigenvalue weighted by molar-refractivity contribution is -0.00000335. The second kappa shape index (κ2) is 6.10. The van der Waals surface area contributed by atoms with E-state index < -0.39 is 0 Å². The molecule has 1 aromatic carbocycles. The van der Waals surface area contributed by atoms with Crippen molar-refractivity contribution in [3.63, 3.8) is 0 Å². The van der Waals surface area contributed by atoms with Gasteiger partial charge < -0.3 is 29.6 Å². The highest BCUT2D eigenvalue weighted by Gasteiger charge is 1.97. The number of hydrogen-bond donors (Lipinski definition) is 3. The average Bonchev–Trinajstić information content (AvgIpc) is 2.07. The van der Waals surface area contributed by atoms with Crippen molar-refractivity contribution in [2.75, 3.05) is 0 Å². The van der Waals surface area contributed by atoms with E-state index in [2.05, 4.69) is 9.98 Å². The summed E-state index contributed by atoms with van der Waals surface area (Å²) in [6.45, 7) is 0. The lowest BCUT2D eigenvalue weighted by atomic mass is 10.3. The molecule has 0 atom stereocenters. The number of para-hydroxylation sites is 1. The number of halogens is 2. The van der Waals surface area contributed by atoms with Crippen LogP contribution in [0.5, 0.6) is 0 Å². The molecule has 5 nitrogen and oxygen atoms in total. The molecule has 1 aromatic rings. The number of benzene rings is 1. The summed E-state index contributed by atoms with van der Waals surface area (Å²) in [7, 11) is 0. The van der Waals surface area contributed by atoms with E-state index in [1.165, 1.54) is 0 Å². The van der Waals surface area contributed by atoms with E-state index in [-0.39, 0.29) is 24.3 Å². The third-order valence-corrected chi connectivity index (χ3v) is 1.65. The van der Waals surface area contributed by atoms with Crippen LogP contribution in [0.15, 0.2) is 34.3 Å². The zero-order valence-electron chi connectivity index (χ0n) is 7.69. The summed E-state index contributed by atoms with van der Waals surface area (Å²) in [6.07, 6.45) is 0. The van der Waals surface area contributed by atoms with Gasteiger partial charge in [0, 0.05) is 0 Å². The molecule has 0 amide bonds. The van der Waals surface area contributed by atoms with Crippen LogP contribution in [-0.4, -0.2) is 11.9 Å². The first-order valence-corrected chi connectivity index (χ1v) is 4.15. The maximum absolute atomic E-state index is 5.83. The van der Waals surface area contributed by atoms with Crippen molar-refractivity contribution in [2.45, 2.75) is 0 Å². The Balaban J connectivity index is 0.00000196. The summed E-state index contributed by atoms with van der Waals surface area (Å²) in [5.41, 5.74) is 16.2. The maximum Gasteiger partial charge on any atom is 0.223 e. The number of nitrogens with zero attached hydrogens (tertiary/aromatic N) is 2. The van der Waals surface area contributed by atoms with Crippen molar-refractivity contribution in [3.8, 4) is 0 Å². The third kappa shape index (κ3) is 4.53. The Kier molecular flexibility index (Phi) is 5.51. The molecule has 0 aromatic heterocycles. The highest BCUT2D eigenvalue weighted by atomic mass is 35.5. The predicted octanol–water partition coefficient (Wildman–Crippen LogP) is -2.44. The quantitative estimate of drug-likeness (QED) is 0.379. The van der Waals surface area contributed by atoms with Gasteiger partial charge in [0.2, 0.25) is 5.96 Å². The van der Waals surface area contributed by atoms with Crippen LogP contribution >= 0.6 is 11.6 Å². The SMILES string of the molecule is NC(N)=NC(N)=Nc1ccccc1Cl.[Cl-]. The summed E-state index contributed by atoms with van der Waals surface area (Å²) in [5, 5.41) is 0.487. The van der Waals surface area contributed by atoms with Crippen molar-refractivity contribution < 1.29 is 12.4 Å². The van der Waals surface area contributed by atoms with E-state index in [0.717, 1.165) is 0 Å². The largest absolute Gasteiger partial charge is 1.00 e. The second-order valence-electron chi connectivity index (χ2n) is 2.46. The van der Waals surface area contributed by atoms with E-state index in [1.807, 2.05) is 0 Å². The van der Waals surface area contributed by atoms with E-state index in [1.54, 1.807) is 24.3 Å². The van der Waals surface area contributed by atoms with Crippen molar-refractivity contribution in [1.82, 2.24) is 0 Å². The van der Waals surface area contributed by atoms with Gasteiger partial charge in [-0.05, 0) is 12.1 Å². The maximum atomic E-state index is 5.83. The highest BCUT2D eigenvalue weighted by molar-refractivity contribution is 6.33. The summed E-state index contributed by atoms with van der Waals surface area (Å²) in [6, 6.07) is 6.98. The standard InChI is InChI=1S/C8H10ClN5.ClH/c9-5-3-1-2-4-6(5)13-8(12)14-7(10)11;/h1-4H,(H6,10,11,12,13,14);1H/p-1. The van der Waals surface area contributed by atoms with Crippen molar-refractivity contribution in [2.24, 2.45) is 27.2 Å². The van der Waals surface area contributed by atoms with Crippen LogP contribution in [0.25, 0.3) is 0 Å². The fraction of sp³-hybridized carbons (Fsp3) is 0. The van der Waals surface area contributed by atoms with Gasteiger partial charge in [-0.25, -0.2) is 4.99 Å². The first-order valence-electron chi connectivity index (χ1n) is 3.78. The van der Waals surface area contributed by atoms with Gasteiger partial charge in [-0.15, -0.1) is 0 Å². The van der Waals surface area contributed by atoms with Gasteiger partial charge in [0.05, 0.1) is 10.7 Å². The number of guanidine groups is 2. The molecule has 0 saturated carbocycles. The fourth-order valence-electron chi connectivity index (χ4n) is 0.823. The van der Waals surface area contributed by atoms with Crippen LogP contribution in [0.3, 0.4) is 0 Å². The lowest BCUT2D eigenvalue weighted by Crippen LogP contribution is -3.00. The first kappa shape index (κ1) is 13.5. The molecule has 0 spiro atoms. The second-order valence-corrected chi connectivity index (χ2v) is 2.87. The predicted molar refractivity (Wildman–Crippen MR) is 58.5 cm³/mol. The first-order chi connectivity index (χ1) is 6.59. The van der Waals surface area contributed by atoms with Crippen LogP contribution < -0.4 is 29.6 Å². The molecule has 0 aliphatic heterocycles. The summed E-state index contributed by atoms with van der Waals surface area (Å²) >= 11 is 5.83. The van der Waals surface area contributed by atoms with Crippen LogP contribution in [0.4, 0.5) is 5.69 Å². The fourth-order valence-corrected chi connectivity index (χ4v) is 1.00. The minimum Gasteiger partial charge on any atom is -1.00 e. The third-order valence-electron chi connectivity index (χ3n) is 1.33. The highest BCUT2D eigenvalue weighted by Crippen LogP contribution is 2.23. The molecule has 82 valence electrons. The molecule has 7 heteroatoms. The molecule has 6 N–H and O–H groups in total. The Morgan fingerprint density at radius 3 is 2.27 bits per heavy atom. The van der Waals surface area contributed by atoms with Crippen molar-refractivity contribution in [3.05, 3.63) is 29.3 Å². The molecule has 15 heavy (non-hydrogen) atoms. The number of aliphatic imine (C=N–C) groups is 2. The molecule has 0 bridgehead atoms. The molecule has 0 saturated heterocycles. The molecular weight excluding hydrogens is 237 g/mol. The monoisotopic (exact) mass is 246 g/mol. The van der Waals surface area contributed by atoms with Crippen molar-refractivity contribution in [1.29, 1.82) is 0 Å². The van der Waals surface area contributed by atoms with E-state index in [9.17, 15) is 0 Å². The number of hydrogen-bond acceptors (Lipinski definition) is 1. The van der Waals surface area contributed by atoms with Crippen molar-refractivity contribution >= 4 is 29.2 Å². The minimum atomic E-state index is -0.140. The Bertz CT molecular complexity index is 384. The van der Waals surface area contributed by atoms with Crippen LogP contribution in [0, 0.1) is 0 Å². The van der Waals surface area contributed by atoms with E-state index in [0.29, 0.717) is 10.7 Å². The molecule has 1 rings (SSSR count). The lowest BCUT2D eigenvalue weighted by Gasteiger charge is -1.97. The molecule has 0 aliphatic carbocycles. The normalized spacial score (nSPS) is 10.3. The van der Waals surface area contributed by atoms with E-state index >= 15 is 0 Å². The smallest absolute Gasteiger partial charge is 0.223 e. The topological polar surface area (TPSA) is 103 Å². The summed E-state index contributed by atoms with van der Waals surface area (Å²) in [4.78, 5) is 7.47. The molecule has 0 unspecified atom stereocenters. The van der Waals surface area contributed by atoms with Gasteiger partial charge in [-0.2, -0.15) is 4.99 Å². The minimum absolute atomic E-state index is 0. The summed E-state index contributed by atoms with van der Waals surface area (Å²) in [5.74, 6) is -0.170. The Morgan fingerprint density at radius 2 is 1.73 bits per heavy atom. The Labute approximate surface area is 98.4 Å². The average molecular weight is 247 g/mol. The zero-order valence-corrected chi connectivity index (χ0v) is 9.20. The number of nitrogens with two attached hydrogens (primary N) is 3. The van der Waals surface area contributed by atoms with Gasteiger partial charge >= 0.3 is 0 Å². The van der Waals surface area contributed by atoms with Gasteiger partial charge in [-0.1, -0.05) is 23.7 Å². The zero-order chi connectivity index (χ0) is 10.6. The van der Waals surface area contributed by atoms with Crippen LogP contribution in [-0.2, 0) is 0 Å².